The lowest BCUT2D eigenvalue weighted by Crippen LogP contribution is -2.66. The highest BCUT2D eigenvalue weighted by molar-refractivity contribution is 6.32. The van der Waals surface area contributed by atoms with Crippen LogP contribution in [0.15, 0.2) is 18.2 Å². The summed E-state index contributed by atoms with van der Waals surface area (Å²) in [5.74, 6) is 2.75. The zero-order chi connectivity index (χ0) is 19.4. The Morgan fingerprint density at radius 3 is 2.48 bits per heavy atom. The molecule has 148 valence electrons. The first-order valence-electron chi connectivity index (χ1n) is 9.81. The van der Waals surface area contributed by atoms with Gasteiger partial charge in [0.15, 0.2) is 5.60 Å². The maximum Gasteiger partial charge on any atom is 0.263 e. The number of hydrogen-bond acceptors (Lipinski definition) is 4. The van der Waals surface area contributed by atoms with E-state index < -0.39 is 5.60 Å². The normalized spacial score (nSPS) is 34.4. The average molecular weight is 393 g/mol. The van der Waals surface area contributed by atoms with Gasteiger partial charge in [-0.3, -0.25) is 4.79 Å². The van der Waals surface area contributed by atoms with Crippen molar-refractivity contribution in [3.05, 3.63) is 23.2 Å². The van der Waals surface area contributed by atoms with Gasteiger partial charge in [0.05, 0.1) is 12.1 Å². The number of rotatable bonds is 5. The number of carbonyl (C=O) groups is 1. The molecule has 0 radical (unpaired) electrons. The summed E-state index contributed by atoms with van der Waals surface area (Å²) in [6.07, 6.45) is 5.58. The van der Waals surface area contributed by atoms with Crippen molar-refractivity contribution in [2.24, 2.45) is 23.5 Å². The van der Waals surface area contributed by atoms with Gasteiger partial charge in [-0.05, 0) is 75.8 Å². The van der Waals surface area contributed by atoms with Crippen molar-refractivity contribution in [3.63, 3.8) is 0 Å². The van der Waals surface area contributed by atoms with Crippen molar-refractivity contribution < 1.29 is 14.3 Å². The summed E-state index contributed by atoms with van der Waals surface area (Å²) in [4.78, 5) is 13.0. The molecule has 3 N–H and O–H groups in total. The topological polar surface area (TPSA) is 73.6 Å². The minimum absolute atomic E-state index is 0.000363. The molecule has 1 amide bonds. The van der Waals surface area contributed by atoms with E-state index >= 15 is 0 Å². The molecule has 0 spiro atoms. The van der Waals surface area contributed by atoms with Crippen molar-refractivity contribution in [2.45, 2.75) is 63.1 Å². The maximum atomic E-state index is 13.0. The molecule has 0 aliphatic heterocycles. The molecule has 0 aromatic heterocycles. The maximum absolute atomic E-state index is 13.0. The second-order valence-electron chi connectivity index (χ2n) is 9.24. The Morgan fingerprint density at radius 2 is 1.93 bits per heavy atom. The first kappa shape index (κ1) is 18.9. The van der Waals surface area contributed by atoms with Crippen LogP contribution in [-0.2, 0) is 4.79 Å². The SMILES string of the molecule is COc1ccc(OC(C)(C)C(=O)N[C@H]2[C@@H]3CC4C[C@H]2C[C@](N)(C4)C3)c(Cl)c1. The Kier molecular flexibility index (Phi) is 4.59. The van der Waals surface area contributed by atoms with Crippen LogP contribution in [0.2, 0.25) is 5.02 Å². The van der Waals surface area contributed by atoms with E-state index in [9.17, 15) is 4.79 Å². The monoisotopic (exact) mass is 392 g/mol. The van der Waals surface area contributed by atoms with Crippen LogP contribution in [0, 0.1) is 17.8 Å². The summed E-state index contributed by atoms with van der Waals surface area (Å²) in [6, 6.07) is 5.40. The molecule has 5 rings (SSSR count). The molecule has 5 atom stereocenters. The minimum Gasteiger partial charge on any atom is -0.497 e. The van der Waals surface area contributed by atoms with E-state index in [0.717, 1.165) is 25.2 Å². The van der Waals surface area contributed by atoms with E-state index in [1.165, 1.54) is 12.8 Å². The largest absolute Gasteiger partial charge is 0.497 e. The fraction of sp³-hybridized carbons (Fsp3) is 0.667. The highest BCUT2D eigenvalue weighted by atomic mass is 35.5. The molecule has 6 heteroatoms. The van der Waals surface area contributed by atoms with Crippen molar-refractivity contribution in [1.82, 2.24) is 5.32 Å². The van der Waals surface area contributed by atoms with E-state index in [-0.39, 0.29) is 17.5 Å². The standard InChI is InChI=1S/C21H29ClN2O3/c1-20(2,27-17-5-4-15(26-3)8-16(17)22)19(25)24-18-13-6-12-7-14(18)11-21(23,9-12)10-13/h4-5,8,12-14,18H,6-7,9-11,23H2,1-3H3,(H,24,25)/t12?,13-,14+,18+,21+. The third kappa shape index (κ3) is 3.52. The van der Waals surface area contributed by atoms with Crippen LogP contribution in [0.25, 0.3) is 0 Å². The summed E-state index contributed by atoms with van der Waals surface area (Å²) in [5, 5.41) is 3.72. The van der Waals surface area contributed by atoms with Gasteiger partial charge in [-0.15, -0.1) is 0 Å². The first-order valence-corrected chi connectivity index (χ1v) is 10.2. The molecule has 1 aromatic rings. The first-order chi connectivity index (χ1) is 12.7. The highest BCUT2D eigenvalue weighted by Gasteiger charge is 2.54. The molecule has 1 unspecified atom stereocenters. The van der Waals surface area contributed by atoms with E-state index in [2.05, 4.69) is 5.32 Å². The molecule has 4 saturated carbocycles. The van der Waals surface area contributed by atoms with E-state index in [0.29, 0.717) is 28.4 Å². The highest BCUT2D eigenvalue weighted by Crippen LogP contribution is 2.54. The van der Waals surface area contributed by atoms with Gasteiger partial charge in [-0.2, -0.15) is 0 Å². The number of methoxy groups -OCH3 is 1. The third-order valence-corrected chi connectivity index (χ3v) is 6.96. The van der Waals surface area contributed by atoms with E-state index in [1.807, 2.05) is 0 Å². The van der Waals surface area contributed by atoms with E-state index in [1.54, 1.807) is 39.2 Å². The van der Waals surface area contributed by atoms with Gasteiger partial charge in [0, 0.05) is 17.6 Å². The van der Waals surface area contributed by atoms with Crippen LogP contribution in [0.3, 0.4) is 0 Å². The number of hydrogen-bond donors (Lipinski definition) is 2. The Labute approximate surface area is 165 Å². The van der Waals surface area contributed by atoms with Crippen LogP contribution in [0.1, 0.15) is 46.0 Å². The predicted molar refractivity (Wildman–Crippen MR) is 105 cm³/mol. The Bertz CT molecular complexity index is 735. The third-order valence-electron chi connectivity index (χ3n) is 6.67. The second-order valence-corrected chi connectivity index (χ2v) is 9.65. The molecule has 4 bridgehead atoms. The number of nitrogens with one attached hydrogen (secondary N) is 1. The summed E-state index contributed by atoms with van der Waals surface area (Å²) < 4.78 is 11.1. The quantitative estimate of drug-likeness (QED) is 0.803. The van der Waals surface area contributed by atoms with Crippen molar-refractivity contribution in [2.75, 3.05) is 7.11 Å². The predicted octanol–water partition coefficient (Wildman–Crippen LogP) is 3.53. The molecule has 4 fully saturated rings. The fourth-order valence-corrected chi connectivity index (χ4v) is 5.87. The summed E-state index contributed by atoms with van der Waals surface area (Å²) in [5.41, 5.74) is 5.56. The molecular weight excluding hydrogens is 364 g/mol. The van der Waals surface area contributed by atoms with Gasteiger partial charge in [-0.1, -0.05) is 11.6 Å². The van der Waals surface area contributed by atoms with Crippen LogP contribution >= 0.6 is 11.6 Å². The van der Waals surface area contributed by atoms with Gasteiger partial charge in [-0.25, -0.2) is 0 Å². The lowest BCUT2D eigenvalue weighted by molar-refractivity contribution is -0.138. The van der Waals surface area contributed by atoms with Gasteiger partial charge >= 0.3 is 0 Å². The zero-order valence-electron chi connectivity index (χ0n) is 16.3. The van der Waals surface area contributed by atoms with Crippen molar-refractivity contribution in [3.8, 4) is 11.5 Å². The number of ether oxygens (including phenoxy) is 2. The second kappa shape index (κ2) is 6.56. The fourth-order valence-electron chi connectivity index (χ4n) is 5.66. The number of carbonyl (C=O) groups excluding carboxylic acids is 1. The molecule has 27 heavy (non-hydrogen) atoms. The van der Waals surface area contributed by atoms with Crippen LogP contribution in [0.4, 0.5) is 0 Å². The lowest BCUT2D eigenvalue weighted by Gasteiger charge is -2.59. The van der Waals surface area contributed by atoms with Gasteiger partial charge < -0.3 is 20.5 Å². The van der Waals surface area contributed by atoms with Gasteiger partial charge in [0.25, 0.3) is 5.91 Å². The summed E-state index contributed by atoms with van der Waals surface area (Å²) >= 11 is 6.27. The molecular formula is C21H29ClN2O3. The summed E-state index contributed by atoms with van der Waals surface area (Å²) in [7, 11) is 1.58. The number of amides is 1. The molecule has 0 saturated heterocycles. The number of nitrogens with two attached hydrogens (primary N) is 1. The Hall–Kier alpha value is -1.46. The van der Waals surface area contributed by atoms with Gasteiger partial charge in [0.2, 0.25) is 0 Å². The number of benzene rings is 1. The molecule has 4 aliphatic rings. The molecule has 5 nitrogen and oxygen atoms in total. The smallest absolute Gasteiger partial charge is 0.263 e. The van der Waals surface area contributed by atoms with Crippen LogP contribution < -0.4 is 20.5 Å². The lowest BCUT2D eigenvalue weighted by atomic mass is 9.51. The van der Waals surface area contributed by atoms with Gasteiger partial charge in [0.1, 0.15) is 11.5 Å². The summed E-state index contributed by atoms with van der Waals surface area (Å²) in [6.45, 7) is 3.56. The van der Waals surface area contributed by atoms with Crippen LogP contribution in [-0.4, -0.2) is 30.2 Å². The molecule has 4 aliphatic carbocycles. The average Bonchev–Trinajstić information content (AvgIpc) is 2.58. The Balaban J connectivity index is 1.44. The van der Waals surface area contributed by atoms with Crippen molar-refractivity contribution >= 4 is 17.5 Å². The van der Waals surface area contributed by atoms with Crippen molar-refractivity contribution in [1.29, 1.82) is 0 Å². The molecule has 1 aromatic carbocycles. The number of halogens is 1. The van der Waals surface area contributed by atoms with E-state index in [4.69, 9.17) is 26.8 Å². The minimum atomic E-state index is -1.02. The molecule has 0 heterocycles. The van der Waals surface area contributed by atoms with Crippen LogP contribution in [0.5, 0.6) is 11.5 Å². The Morgan fingerprint density at radius 1 is 1.26 bits per heavy atom. The zero-order valence-corrected chi connectivity index (χ0v) is 17.0.